The summed E-state index contributed by atoms with van der Waals surface area (Å²) in [7, 11) is 1.68. The molecule has 0 bridgehead atoms. The maximum Gasteiger partial charge on any atom is 0.193 e. The number of benzene rings is 1. The Morgan fingerprint density at radius 1 is 1.32 bits per heavy atom. The van der Waals surface area contributed by atoms with Crippen molar-refractivity contribution in [2.75, 3.05) is 13.7 Å². The summed E-state index contributed by atoms with van der Waals surface area (Å²) in [6.45, 7) is 4.03. The monoisotopic (exact) mass is 471 g/mol. The van der Waals surface area contributed by atoms with Crippen molar-refractivity contribution >= 4 is 46.2 Å². The summed E-state index contributed by atoms with van der Waals surface area (Å²) in [6.07, 6.45) is 4.04. The van der Waals surface area contributed by atoms with E-state index in [1.54, 1.807) is 18.4 Å². The number of guanidine groups is 1. The average molecular weight is 471 g/mol. The molecule has 3 rings (SSSR count). The van der Waals surface area contributed by atoms with Gasteiger partial charge in [0.2, 0.25) is 0 Å². The van der Waals surface area contributed by atoms with Crippen LogP contribution in [0.15, 0.2) is 47.0 Å². The molecule has 0 aliphatic heterocycles. The van der Waals surface area contributed by atoms with Crippen molar-refractivity contribution in [3.8, 4) is 5.75 Å². The third kappa shape index (κ3) is 5.08. The quantitative estimate of drug-likeness (QED) is 0.329. The molecule has 2 aromatic heterocycles. The first-order chi connectivity index (χ1) is 11.8. The van der Waals surface area contributed by atoms with Crippen LogP contribution in [0.4, 0.5) is 0 Å². The largest absolute Gasteiger partial charge is 0.496 e. The third-order valence-electron chi connectivity index (χ3n) is 3.52. The highest BCUT2D eigenvalue weighted by Gasteiger charge is 2.05. The van der Waals surface area contributed by atoms with E-state index in [1.807, 2.05) is 53.4 Å². The minimum atomic E-state index is 0. The van der Waals surface area contributed by atoms with E-state index in [2.05, 4.69) is 20.6 Å². The van der Waals surface area contributed by atoms with Gasteiger partial charge in [0.25, 0.3) is 0 Å². The number of methoxy groups -OCH3 is 1. The number of aromatic nitrogens is 2. The molecule has 0 radical (unpaired) electrons. The van der Waals surface area contributed by atoms with Crippen LogP contribution in [0.25, 0.3) is 4.96 Å². The zero-order valence-corrected chi connectivity index (χ0v) is 17.4. The van der Waals surface area contributed by atoms with Gasteiger partial charge in [-0.05, 0) is 13.0 Å². The van der Waals surface area contributed by atoms with E-state index in [9.17, 15) is 0 Å². The first-order valence-electron chi connectivity index (χ1n) is 7.85. The number of halogens is 1. The smallest absolute Gasteiger partial charge is 0.193 e. The Morgan fingerprint density at radius 2 is 2.16 bits per heavy atom. The van der Waals surface area contributed by atoms with E-state index >= 15 is 0 Å². The molecule has 0 unspecified atom stereocenters. The molecular formula is C17H22IN5OS. The summed E-state index contributed by atoms with van der Waals surface area (Å²) in [5.41, 5.74) is 2.05. The second kappa shape index (κ2) is 9.62. The summed E-state index contributed by atoms with van der Waals surface area (Å²) < 4.78 is 7.40. The predicted molar refractivity (Wildman–Crippen MR) is 113 cm³/mol. The van der Waals surface area contributed by atoms with Crippen molar-refractivity contribution in [1.82, 2.24) is 20.0 Å². The van der Waals surface area contributed by atoms with Crippen molar-refractivity contribution < 1.29 is 4.74 Å². The standard InChI is InChI=1S/C17H21N5OS.HI/c1-3-18-16(19-10-13-6-4-5-7-15(13)23-2)20-11-14-12-22-8-9-24-17(22)21-14;/h4-9,12H,3,10-11H2,1-2H3,(H2,18,19,20);1H. The van der Waals surface area contributed by atoms with Crippen LogP contribution in [0.5, 0.6) is 5.75 Å². The number of nitrogens with one attached hydrogen (secondary N) is 2. The van der Waals surface area contributed by atoms with Gasteiger partial charge in [0.15, 0.2) is 10.9 Å². The van der Waals surface area contributed by atoms with Gasteiger partial charge in [0.05, 0.1) is 25.9 Å². The first kappa shape index (κ1) is 19.5. The van der Waals surface area contributed by atoms with Gasteiger partial charge in [0.1, 0.15) is 5.75 Å². The summed E-state index contributed by atoms with van der Waals surface area (Å²) >= 11 is 1.63. The molecule has 6 nitrogen and oxygen atoms in total. The highest BCUT2D eigenvalue weighted by molar-refractivity contribution is 14.0. The average Bonchev–Trinajstić information content (AvgIpc) is 3.19. The molecular weight excluding hydrogens is 449 g/mol. The van der Waals surface area contributed by atoms with Crippen LogP contribution in [0, 0.1) is 0 Å². The first-order valence-corrected chi connectivity index (χ1v) is 8.73. The molecule has 0 aliphatic rings. The molecule has 0 saturated heterocycles. The van der Waals surface area contributed by atoms with Gasteiger partial charge in [-0.1, -0.05) is 18.2 Å². The number of thiazole rings is 1. The zero-order chi connectivity index (χ0) is 16.8. The highest BCUT2D eigenvalue weighted by atomic mass is 127. The van der Waals surface area contributed by atoms with Crippen LogP contribution in [-0.2, 0) is 13.1 Å². The summed E-state index contributed by atoms with van der Waals surface area (Å²) in [4.78, 5) is 10.2. The number of aliphatic imine (C=N–C) groups is 1. The number of ether oxygens (including phenoxy) is 1. The van der Waals surface area contributed by atoms with E-state index in [0.29, 0.717) is 13.1 Å². The Morgan fingerprint density at radius 3 is 2.92 bits per heavy atom. The minimum Gasteiger partial charge on any atom is -0.496 e. The molecule has 0 atom stereocenters. The number of nitrogens with zero attached hydrogens (tertiary/aromatic N) is 3. The zero-order valence-electron chi connectivity index (χ0n) is 14.2. The van der Waals surface area contributed by atoms with E-state index in [0.717, 1.165) is 34.5 Å². The lowest BCUT2D eigenvalue weighted by Crippen LogP contribution is -2.36. The molecule has 2 N–H and O–H groups in total. The van der Waals surface area contributed by atoms with Crippen molar-refractivity contribution in [2.24, 2.45) is 4.99 Å². The number of rotatable bonds is 6. The van der Waals surface area contributed by atoms with Crippen molar-refractivity contribution in [1.29, 1.82) is 0 Å². The molecule has 0 fully saturated rings. The lowest BCUT2D eigenvalue weighted by Gasteiger charge is -2.11. The van der Waals surface area contributed by atoms with E-state index in [1.165, 1.54) is 0 Å². The van der Waals surface area contributed by atoms with Gasteiger partial charge in [-0.25, -0.2) is 9.98 Å². The number of fused-ring (bicyclic) bond motifs is 1. The number of hydrogen-bond donors (Lipinski definition) is 2. The van der Waals surface area contributed by atoms with Crippen LogP contribution in [0.2, 0.25) is 0 Å². The lowest BCUT2D eigenvalue weighted by molar-refractivity contribution is 0.410. The SMILES string of the molecule is CCNC(=NCc1ccccc1OC)NCc1cn2ccsc2n1.I. The second-order valence-electron chi connectivity index (χ2n) is 5.19. The predicted octanol–water partition coefficient (Wildman–Crippen LogP) is 3.28. The Balaban J connectivity index is 0.00000225. The summed E-state index contributed by atoms with van der Waals surface area (Å²) in [6, 6.07) is 7.92. The molecule has 3 aromatic rings. The molecule has 0 amide bonds. The Kier molecular flexibility index (Phi) is 7.51. The Bertz CT molecular complexity index is 801. The van der Waals surface area contributed by atoms with Gasteiger partial charge in [-0.3, -0.25) is 4.40 Å². The third-order valence-corrected chi connectivity index (χ3v) is 4.30. The van der Waals surface area contributed by atoms with Gasteiger partial charge in [0, 0.05) is 29.9 Å². The number of hydrogen-bond acceptors (Lipinski definition) is 4. The molecule has 0 aliphatic carbocycles. The molecule has 0 saturated carbocycles. The van der Waals surface area contributed by atoms with Crippen LogP contribution in [0.3, 0.4) is 0 Å². The van der Waals surface area contributed by atoms with Gasteiger partial charge in [-0.2, -0.15) is 0 Å². The van der Waals surface area contributed by atoms with Gasteiger partial charge >= 0.3 is 0 Å². The van der Waals surface area contributed by atoms with Crippen LogP contribution >= 0.6 is 35.3 Å². The fourth-order valence-electron chi connectivity index (χ4n) is 2.38. The van der Waals surface area contributed by atoms with E-state index in [4.69, 9.17) is 4.74 Å². The summed E-state index contributed by atoms with van der Waals surface area (Å²) in [5, 5.41) is 8.60. The van der Waals surface area contributed by atoms with Gasteiger partial charge in [-0.15, -0.1) is 35.3 Å². The molecule has 134 valence electrons. The van der Waals surface area contributed by atoms with Crippen LogP contribution < -0.4 is 15.4 Å². The van der Waals surface area contributed by atoms with Gasteiger partial charge < -0.3 is 15.4 Å². The molecule has 8 heteroatoms. The maximum absolute atomic E-state index is 5.37. The number of para-hydroxylation sites is 1. The fourth-order valence-corrected chi connectivity index (χ4v) is 3.09. The van der Waals surface area contributed by atoms with E-state index < -0.39 is 0 Å². The second-order valence-corrected chi connectivity index (χ2v) is 6.06. The molecule has 1 aromatic carbocycles. The Hall–Kier alpha value is -1.81. The van der Waals surface area contributed by atoms with Crippen molar-refractivity contribution in [3.05, 3.63) is 53.3 Å². The highest BCUT2D eigenvalue weighted by Crippen LogP contribution is 2.18. The maximum atomic E-state index is 5.37. The van der Waals surface area contributed by atoms with Crippen molar-refractivity contribution in [2.45, 2.75) is 20.0 Å². The minimum absolute atomic E-state index is 0. The molecule has 0 spiro atoms. The van der Waals surface area contributed by atoms with Crippen LogP contribution in [0.1, 0.15) is 18.2 Å². The van der Waals surface area contributed by atoms with Crippen molar-refractivity contribution in [3.63, 3.8) is 0 Å². The van der Waals surface area contributed by atoms with Crippen LogP contribution in [-0.4, -0.2) is 29.0 Å². The number of imidazole rings is 1. The molecule has 25 heavy (non-hydrogen) atoms. The fraction of sp³-hybridized carbons (Fsp3) is 0.294. The van der Waals surface area contributed by atoms with E-state index in [-0.39, 0.29) is 24.0 Å². The summed E-state index contributed by atoms with van der Waals surface area (Å²) in [5.74, 6) is 1.62. The topological polar surface area (TPSA) is 63.0 Å². The lowest BCUT2D eigenvalue weighted by atomic mass is 10.2. The normalized spacial score (nSPS) is 11.2. The molecule has 2 heterocycles. The Labute approximate surface area is 168 Å².